The number of esters is 1. The number of hydrazone groups is 1. The highest BCUT2D eigenvalue weighted by Crippen LogP contribution is 2.29. The fraction of sp³-hybridized carbons (Fsp3) is 0.0833. The second kappa shape index (κ2) is 11.8. The molecule has 0 unspecified atom stereocenters. The van der Waals surface area contributed by atoms with Crippen LogP contribution in [0.25, 0.3) is 0 Å². The van der Waals surface area contributed by atoms with Crippen molar-refractivity contribution in [2.45, 2.75) is 6.61 Å². The molecule has 34 heavy (non-hydrogen) atoms. The van der Waals surface area contributed by atoms with Gasteiger partial charge >= 0.3 is 17.8 Å². The zero-order valence-electron chi connectivity index (χ0n) is 17.9. The summed E-state index contributed by atoms with van der Waals surface area (Å²) in [5.74, 6) is -1.86. The lowest BCUT2D eigenvalue weighted by atomic mass is 10.1. The molecule has 0 radical (unpaired) electrons. The van der Waals surface area contributed by atoms with E-state index in [4.69, 9.17) is 27.9 Å². The molecule has 0 atom stereocenters. The molecule has 0 aromatic heterocycles. The monoisotopic (exact) mass is 499 g/mol. The summed E-state index contributed by atoms with van der Waals surface area (Å²) in [7, 11) is 1.32. The summed E-state index contributed by atoms with van der Waals surface area (Å²) in [5, 5.41) is 6.56. The van der Waals surface area contributed by atoms with E-state index < -0.39 is 17.8 Å². The van der Waals surface area contributed by atoms with Gasteiger partial charge in [-0.1, -0.05) is 53.5 Å². The number of hydrogen-bond acceptors (Lipinski definition) is 6. The lowest BCUT2D eigenvalue weighted by Crippen LogP contribution is -2.32. The van der Waals surface area contributed by atoms with Crippen LogP contribution in [0, 0.1) is 0 Å². The Kier molecular flexibility index (Phi) is 8.61. The van der Waals surface area contributed by atoms with Gasteiger partial charge in [-0.25, -0.2) is 10.2 Å². The molecule has 0 aliphatic carbocycles. The van der Waals surface area contributed by atoms with Crippen LogP contribution in [0.1, 0.15) is 21.5 Å². The largest absolute Gasteiger partial charge is 0.488 e. The number of nitrogens with zero attached hydrogens (tertiary/aromatic N) is 1. The van der Waals surface area contributed by atoms with Crippen LogP contribution in [0.4, 0.5) is 5.69 Å². The first-order valence-corrected chi connectivity index (χ1v) is 10.6. The number of methoxy groups -OCH3 is 1. The minimum atomic E-state index is -0.989. The third-order valence-corrected chi connectivity index (χ3v) is 5.28. The van der Waals surface area contributed by atoms with E-state index in [1.165, 1.54) is 19.4 Å². The molecule has 174 valence electrons. The van der Waals surface area contributed by atoms with Gasteiger partial charge in [0.15, 0.2) is 0 Å². The summed E-state index contributed by atoms with van der Waals surface area (Å²) in [5.41, 5.74) is 4.21. The van der Waals surface area contributed by atoms with Gasteiger partial charge in [-0.2, -0.15) is 5.10 Å². The van der Waals surface area contributed by atoms with Crippen LogP contribution in [0.5, 0.6) is 5.75 Å². The maximum Gasteiger partial charge on any atom is 0.337 e. The quantitative estimate of drug-likeness (QED) is 0.216. The molecular formula is C24H19Cl2N3O5. The number of carbonyl (C=O) groups is 3. The third-order valence-electron chi connectivity index (χ3n) is 4.46. The van der Waals surface area contributed by atoms with Crippen LogP contribution in [0.2, 0.25) is 10.0 Å². The number of rotatable bonds is 7. The molecule has 8 nitrogen and oxygen atoms in total. The van der Waals surface area contributed by atoms with E-state index in [-0.39, 0.29) is 22.3 Å². The predicted molar refractivity (Wildman–Crippen MR) is 129 cm³/mol. The van der Waals surface area contributed by atoms with Crippen molar-refractivity contribution in [3.63, 3.8) is 0 Å². The summed E-state index contributed by atoms with van der Waals surface area (Å²) in [6.45, 7) is 0.238. The number of ether oxygens (including phenoxy) is 2. The van der Waals surface area contributed by atoms with E-state index in [0.29, 0.717) is 16.9 Å². The van der Waals surface area contributed by atoms with Crippen LogP contribution >= 0.6 is 23.2 Å². The third kappa shape index (κ3) is 6.57. The Balaban J connectivity index is 1.58. The Hall–Kier alpha value is -3.88. The van der Waals surface area contributed by atoms with Crippen molar-refractivity contribution in [3.05, 3.63) is 93.5 Å². The Morgan fingerprint density at radius 3 is 2.41 bits per heavy atom. The number of amides is 2. The molecular weight excluding hydrogens is 481 g/mol. The van der Waals surface area contributed by atoms with Crippen molar-refractivity contribution >= 4 is 52.9 Å². The van der Waals surface area contributed by atoms with Crippen molar-refractivity contribution in [1.82, 2.24) is 5.43 Å². The lowest BCUT2D eigenvalue weighted by molar-refractivity contribution is -0.136. The Morgan fingerprint density at radius 1 is 0.941 bits per heavy atom. The van der Waals surface area contributed by atoms with E-state index in [2.05, 4.69) is 20.6 Å². The van der Waals surface area contributed by atoms with Crippen LogP contribution in [-0.4, -0.2) is 31.1 Å². The Morgan fingerprint density at radius 2 is 1.68 bits per heavy atom. The molecule has 2 N–H and O–H groups in total. The van der Waals surface area contributed by atoms with E-state index in [9.17, 15) is 14.4 Å². The molecule has 3 aromatic rings. The summed E-state index contributed by atoms with van der Waals surface area (Å²) >= 11 is 11.9. The highest BCUT2D eigenvalue weighted by molar-refractivity contribution is 6.45. The summed E-state index contributed by atoms with van der Waals surface area (Å²) in [6, 6.07) is 18.5. The van der Waals surface area contributed by atoms with Gasteiger partial charge in [0.2, 0.25) is 0 Å². The number of benzene rings is 3. The van der Waals surface area contributed by atoms with E-state index in [1.807, 2.05) is 0 Å². The smallest absolute Gasteiger partial charge is 0.337 e. The molecule has 0 fully saturated rings. The molecule has 10 heteroatoms. The summed E-state index contributed by atoms with van der Waals surface area (Å²) in [4.78, 5) is 35.7. The minimum Gasteiger partial charge on any atom is -0.488 e. The number of hydrogen-bond donors (Lipinski definition) is 2. The Bertz CT molecular complexity index is 1230. The molecule has 0 saturated heterocycles. The molecule has 3 aromatic carbocycles. The molecule has 0 aliphatic rings. The normalized spacial score (nSPS) is 10.6. The maximum atomic E-state index is 12.1. The summed E-state index contributed by atoms with van der Waals surface area (Å²) in [6.07, 6.45) is 1.35. The molecule has 2 amide bonds. The second-order valence-corrected chi connectivity index (χ2v) is 7.55. The highest BCUT2D eigenvalue weighted by Gasteiger charge is 2.15. The van der Waals surface area contributed by atoms with Gasteiger partial charge in [-0.15, -0.1) is 0 Å². The van der Waals surface area contributed by atoms with Crippen molar-refractivity contribution < 1.29 is 23.9 Å². The number of anilines is 1. The average Bonchev–Trinajstić information content (AvgIpc) is 2.86. The van der Waals surface area contributed by atoms with Crippen molar-refractivity contribution in [1.29, 1.82) is 0 Å². The van der Waals surface area contributed by atoms with E-state index in [1.54, 1.807) is 60.7 Å². The SMILES string of the molecule is COC(=O)c1ccc(COc2ccccc2/C=N/NC(=O)C(=O)Nc2cccc(Cl)c2Cl)cc1. The standard InChI is InChI=1S/C24H19Cl2N3O5/c1-33-24(32)16-11-9-15(10-12-16)14-34-20-8-3-2-5-17(20)13-27-29-23(31)22(30)28-19-7-4-6-18(25)21(19)26/h2-13H,14H2,1H3,(H,28,30)(H,29,31)/b27-13+. The Labute approximate surface area is 205 Å². The first kappa shape index (κ1) is 24.8. The second-order valence-electron chi connectivity index (χ2n) is 6.77. The van der Waals surface area contributed by atoms with E-state index in [0.717, 1.165) is 5.56 Å². The zero-order chi connectivity index (χ0) is 24.5. The van der Waals surface area contributed by atoms with Gasteiger partial charge in [-0.05, 0) is 42.0 Å². The molecule has 3 rings (SSSR count). The van der Waals surface area contributed by atoms with Gasteiger partial charge in [-0.3, -0.25) is 9.59 Å². The zero-order valence-corrected chi connectivity index (χ0v) is 19.4. The minimum absolute atomic E-state index is 0.125. The topological polar surface area (TPSA) is 106 Å². The fourth-order valence-corrected chi connectivity index (χ4v) is 3.07. The van der Waals surface area contributed by atoms with Crippen LogP contribution < -0.4 is 15.5 Å². The number of halogens is 2. The predicted octanol–water partition coefficient (Wildman–Crippen LogP) is 4.45. The number of nitrogens with one attached hydrogen (secondary N) is 2. The lowest BCUT2D eigenvalue weighted by Gasteiger charge is -2.09. The number of para-hydroxylation sites is 1. The molecule has 0 aliphatic heterocycles. The molecule has 0 saturated carbocycles. The van der Waals surface area contributed by atoms with Crippen molar-refractivity contribution in [2.75, 3.05) is 12.4 Å². The maximum absolute atomic E-state index is 12.1. The van der Waals surface area contributed by atoms with Gasteiger partial charge in [0.1, 0.15) is 12.4 Å². The van der Waals surface area contributed by atoms with Crippen LogP contribution in [0.15, 0.2) is 71.8 Å². The van der Waals surface area contributed by atoms with Crippen molar-refractivity contribution in [2.24, 2.45) is 5.10 Å². The van der Waals surface area contributed by atoms with Gasteiger partial charge in [0, 0.05) is 5.56 Å². The summed E-state index contributed by atoms with van der Waals surface area (Å²) < 4.78 is 10.5. The van der Waals surface area contributed by atoms with Crippen molar-refractivity contribution in [3.8, 4) is 5.75 Å². The average molecular weight is 500 g/mol. The number of carbonyl (C=O) groups excluding carboxylic acids is 3. The van der Waals surface area contributed by atoms with Crippen LogP contribution in [0.3, 0.4) is 0 Å². The first-order chi connectivity index (χ1) is 16.4. The van der Waals surface area contributed by atoms with Gasteiger partial charge in [0.05, 0.1) is 34.6 Å². The molecule has 0 heterocycles. The highest BCUT2D eigenvalue weighted by atomic mass is 35.5. The van der Waals surface area contributed by atoms with Crippen LogP contribution in [-0.2, 0) is 20.9 Å². The molecule has 0 spiro atoms. The first-order valence-electron chi connectivity index (χ1n) is 9.86. The van der Waals surface area contributed by atoms with Gasteiger partial charge in [0.25, 0.3) is 0 Å². The van der Waals surface area contributed by atoms with Gasteiger partial charge < -0.3 is 14.8 Å². The van der Waals surface area contributed by atoms with E-state index >= 15 is 0 Å². The molecule has 0 bridgehead atoms. The fourth-order valence-electron chi connectivity index (χ4n) is 2.73.